The van der Waals surface area contributed by atoms with Crippen LogP contribution in [-0.2, 0) is 13.0 Å². The summed E-state index contributed by atoms with van der Waals surface area (Å²) < 4.78 is 28.7. The number of hydrogen-bond acceptors (Lipinski definition) is 4. The van der Waals surface area contributed by atoms with E-state index in [1.165, 1.54) is 24.3 Å². The van der Waals surface area contributed by atoms with E-state index in [0.29, 0.717) is 41.2 Å². The van der Waals surface area contributed by atoms with Gasteiger partial charge in [0, 0.05) is 24.8 Å². The van der Waals surface area contributed by atoms with Gasteiger partial charge in [0.2, 0.25) is 0 Å². The van der Waals surface area contributed by atoms with E-state index in [4.69, 9.17) is 0 Å². The maximum Gasteiger partial charge on any atom is 0.255 e. The van der Waals surface area contributed by atoms with Gasteiger partial charge in [0.1, 0.15) is 11.6 Å². The van der Waals surface area contributed by atoms with Crippen LogP contribution in [0.3, 0.4) is 0 Å². The van der Waals surface area contributed by atoms with Crippen molar-refractivity contribution in [2.45, 2.75) is 13.0 Å². The summed E-state index contributed by atoms with van der Waals surface area (Å²) >= 11 is 0. The Morgan fingerprint density at radius 2 is 1.84 bits per heavy atom. The Bertz CT molecular complexity index is 1240. The lowest BCUT2D eigenvalue weighted by molar-refractivity contribution is 0.0780. The number of carbonyl (C=O) groups excluding carboxylic acids is 2. The molecule has 156 valence electrons. The van der Waals surface area contributed by atoms with Crippen LogP contribution in [0.5, 0.6) is 0 Å². The number of likely N-dealkylation sites (N-methyl/N-ethyl adjacent to an activating group) is 1. The second kappa shape index (κ2) is 7.16. The molecule has 0 atom stereocenters. The fourth-order valence-corrected chi connectivity index (χ4v) is 4.04. The minimum atomic E-state index is -0.730. The summed E-state index contributed by atoms with van der Waals surface area (Å²) in [4.78, 5) is 30.7. The molecule has 2 aromatic carbocycles. The third kappa shape index (κ3) is 3.20. The van der Waals surface area contributed by atoms with Crippen LogP contribution in [0.4, 0.5) is 20.2 Å². The number of anilines is 2. The Labute approximate surface area is 176 Å². The Balaban J connectivity index is 1.59. The molecular formula is C23H18F2N4O2. The van der Waals surface area contributed by atoms with Crippen molar-refractivity contribution in [1.82, 2.24) is 15.2 Å². The number of nitrogens with one attached hydrogen (secondary N) is 2. The molecule has 2 aliphatic rings. The zero-order valence-corrected chi connectivity index (χ0v) is 16.6. The van der Waals surface area contributed by atoms with Crippen molar-refractivity contribution in [3.8, 4) is 11.3 Å². The molecule has 0 bridgehead atoms. The molecule has 0 radical (unpaired) electrons. The third-order valence-corrected chi connectivity index (χ3v) is 5.63. The molecule has 3 aromatic rings. The summed E-state index contributed by atoms with van der Waals surface area (Å²) in [6, 6.07) is 10.5. The lowest BCUT2D eigenvalue weighted by atomic mass is 9.98. The molecule has 2 N–H and O–H groups in total. The first-order chi connectivity index (χ1) is 14.9. The molecule has 0 saturated carbocycles. The number of benzene rings is 2. The van der Waals surface area contributed by atoms with E-state index in [1.54, 1.807) is 24.1 Å². The van der Waals surface area contributed by atoms with Crippen LogP contribution in [-0.4, -0.2) is 35.3 Å². The number of nitrogens with zero attached hydrogens (tertiary/aromatic N) is 2. The van der Waals surface area contributed by atoms with E-state index in [0.717, 1.165) is 5.56 Å². The maximum atomic E-state index is 14.4. The molecule has 0 spiro atoms. The molecule has 0 aliphatic carbocycles. The maximum absolute atomic E-state index is 14.4. The van der Waals surface area contributed by atoms with Crippen LogP contribution in [0.1, 0.15) is 32.0 Å². The van der Waals surface area contributed by atoms with E-state index < -0.39 is 11.6 Å². The Morgan fingerprint density at radius 1 is 1.06 bits per heavy atom. The summed E-state index contributed by atoms with van der Waals surface area (Å²) in [5, 5.41) is 5.89. The van der Waals surface area contributed by atoms with E-state index in [9.17, 15) is 18.4 Å². The fourth-order valence-electron chi connectivity index (χ4n) is 4.04. The molecule has 31 heavy (non-hydrogen) atoms. The minimum absolute atomic E-state index is 0.0331. The van der Waals surface area contributed by atoms with Crippen LogP contribution in [0.25, 0.3) is 11.3 Å². The van der Waals surface area contributed by atoms with Crippen molar-refractivity contribution >= 4 is 23.2 Å². The first kappa shape index (κ1) is 19.2. The largest absolute Gasteiger partial charge is 0.355 e. The SMILES string of the molecule is CN1CCc2cc(Nc3cc(-c4c(F)cccc4F)nc4c3C(=O)NC4)ccc2C1=O. The van der Waals surface area contributed by atoms with Gasteiger partial charge in [-0.25, -0.2) is 13.8 Å². The molecule has 5 rings (SSSR count). The highest BCUT2D eigenvalue weighted by atomic mass is 19.1. The van der Waals surface area contributed by atoms with Gasteiger partial charge in [0.25, 0.3) is 11.8 Å². The van der Waals surface area contributed by atoms with Crippen LogP contribution in [0, 0.1) is 11.6 Å². The zero-order chi connectivity index (χ0) is 21.7. The monoisotopic (exact) mass is 420 g/mol. The first-order valence-corrected chi connectivity index (χ1v) is 9.84. The lowest BCUT2D eigenvalue weighted by Crippen LogP contribution is -2.34. The van der Waals surface area contributed by atoms with E-state index in [2.05, 4.69) is 15.6 Å². The van der Waals surface area contributed by atoms with Crippen LogP contribution in [0.15, 0.2) is 42.5 Å². The summed E-state index contributed by atoms with van der Waals surface area (Å²) in [5.74, 6) is -1.80. The van der Waals surface area contributed by atoms with Gasteiger partial charge in [-0.1, -0.05) is 6.07 Å². The Kier molecular flexibility index (Phi) is 4.43. The van der Waals surface area contributed by atoms with Crippen molar-refractivity contribution in [1.29, 1.82) is 0 Å². The van der Waals surface area contributed by atoms with Gasteiger partial charge in [-0.15, -0.1) is 0 Å². The molecule has 2 aliphatic heterocycles. The Morgan fingerprint density at radius 3 is 2.61 bits per heavy atom. The number of fused-ring (bicyclic) bond motifs is 2. The molecule has 8 heteroatoms. The average Bonchev–Trinajstić information content (AvgIpc) is 3.12. The molecular weight excluding hydrogens is 402 g/mol. The van der Waals surface area contributed by atoms with Gasteiger partial charge >= 0.3 is 0 Å². The second-order valence-electron chi connectivity index (χ2n) is 7.63. The highest BCUT2D eigenvalue weighted by Crippen LogP contribution is 2.34. The van der Waals surface area contributed by atoms with Gasteiger partial charge in [-0.05, 0) is 48.4 Å². The van der Waals surface area contributed by atoms with Gasteiger partial charge in [0.15, 0.2) is 0 Å². The standard InChI is InChI=1S/C23H18F2N4O2/c1-29-8-7-12-9-13(5-6-14(12)23(29)31)27-18-10-17(20-15(24)3-2-4-16(20)25)28-19-11-26-22(30)21(18)19/h2-6,9-10H,7-8,11H2,1H3,(H,26,30)(H,27,28). The van der Waals surface area contributed by atoms with Crippen LogP contribution < -0.4 is 10.6 Å². The fraction of sp³-hybridized carbons (Fsp3) is 0.174. The Hall–Kier alpha value is -3.81. The second-order valence-corrected chi connectivity index (χ2v) is 7.63. The predicted octanol–water partition coefficient (Wildman–Crippen LogP) is 3.64. The molecule has 0 saturated heterocycles. The summed E-state index contributed by atoms with van der Waals surface area (Å²) in [5.41, 5.74) is 3.24. The number of carbonyl (C=O) groups is 2. The molecule has 0 fully saturated rings. The lowest BCUT2D eigenvalue weighted by Gasteiger charge is -2.25. The number of hydrogen-bond donors (Lipinski definition) is 2. The predicted molar refractivity (Wildman–Crippen MR) is 111 cm³/mol. The average molecular weight is 420 g/mol. The van der Waals surface area contributed by atoms with Gasteiger partial charge in [-0.2, -0.15) is 0 Å². The zero-order valence-electron chi connectivity index (χ0n) is 16.6. The van der Waals surface area contributed by atoms with Crippen LogP contribution >= 0.6 is 0 Å². The van der Waals surface area contributed by atoms with Crippen molar-refractivity contribution in [3.05, 3.63) is 76.5 Å². The van der Waals surface area contributed by atoms with E-state index >= 15 is 0 Å². The highest BCUT2D eigenvalue weighted by molar-refractivity contribution is 6.04. The molecule has 3 heterocycles. The number of amides is 2. The molecule has 1 aromatic heterocycles. The smallest absolute Gasteiger partial charge is 0.255 e. The third-order valence-electron chi connectivity index (χ3n) is 5.63. The topological polar surface area (TPSA) is 74.3 Å². The van der Waals surface area contributed by atoms with Crippen molar-refractivity contribution in [2.75, 3.05) is 18.9 Å². The van der Waals surface area contributed by atoms with Crippen molar-refractivity contribution in [3.63, 3.8) is 0 Å². The number of aromatic nitrogens is 1. The van der Waals surface area contributed by atoms with Gasteiger partial charge in [-0.3, -0.25) is 9.59 Å². The highest BCUT2D eigenvalue weighted by Gasteiger charge is 2.27. The summed E-state index contributed by atoms with van der Waals surface area (Å²) in [7, 11) is 1.76. The van der Waals surface area contributed by atoms with E-state index in [1.807, 2.05) is 6.07 Å². The number of rotatable bonds is 3. The molecule has 0 unspecified atom stereocenters. The summed E-state index contributed by atoms with van der Waals surface area (Å²) in [6.45, 7) is 0.802. The van der Waals surface area contributed by atoms with Crippen molar-refractivity contribution in [2.24, 2.45) is 0 Å². The molecule has 6 nitrogen and oxygen atoms in total. The van der Waals surface area contributed by atoms with Crippen molar-refractivity contribution < 1.29 is 18.4 Å². The summed E-state index contributed by atoms with van der Waals surface area (Å²) in [6.07, 6.45) is 0.716. The van der Waals surface area contributed by atoms with Gasteiger partial charge < -0.3 is 15.5 Å². The number of pyridine rings is 1. The number of halogens is 2. The first-order valence-electron chi connectivity index (χ1n) is 9.84. The molecule has 2 amide bonds. The van der Waals surface area contributed by atoms with E-state index in [-0.39, 0.29) is 29.6 Å². The normalized spacial score (nSPS) is 14.9. The quantitative estimate of drug-likeness (QED) is 0.679. The van der Waals surface area contributed by atoms with Gasteiger partial charge in [0.05, 0.1) is 34.7 Å². The van der Waals surface area contributed by atoms with Crippen LogP contribution in [0.2, 0.25) is 0 Å². The minimum Gasteiger partial charge on any atom is -0.355 e.